The van der Waals surface area contributed by atoms with Crippen LogP contribution in [0.15, 0.2) is 24.4 Å². The summed E-state index contributed by atoms with van der Waals surface area (Å²) in [5.41, 5.74) is 7.78. The van der Waals surface area contributed by atoms with E-state index in [1.54, 1.807) is 18.3 Å². The van der Waals surface area contributed by atoms with Crippen molar-refractivity contribution < 1.29 is 4.39 Å². The van der Waals surface area contributed by atoms with Gasteiger partial charge in [-0.25, -0.2) is 4.39 Å². The predicted molar refractivity (Wildman–Crippen MR) is 53.4 cm³/mol. The maximum absolute atomic E-state index is 13.3. The number of nitrogens with one attached hydrogen (secondary N) is 1. The summed E-state index contributed by atoms with van der Waals surface area (Å²) >= 11 is 0. The summed E-state index contributed by atoms with van der Waals surface area (Å²) in [5.74, 6) is -0.186. The fourth-order valence-corrected chi connectivity index (χ4v) is 1.94. The fourth-order valence-electron chi connectivity index (χ4n) is 1.94. The lowest BCUT2D eigenvalue weighted by Crippen LogP contribution is -2.19. The number of nitrogens with two attached hydrogens (primary N) is 1. The molecule has 0 amide bonds. The van der Waals surface area contributed by atoms with Crippen LogP contribution >= 0.6 is 0 Å². The Labute approximate surface area is 80.9 Å². The van der Waals surface area contributed by atoms with Crippen molar-refractivity contribution in [3.05, 3.63) is 35.8 Å². The molecule has 1 aliphatic carbocycles. The Bertz CT molecular complexity index is 497. The smallest absolute Gasteiger partial charge is 0.132 e. The number of halogens is 1. The van der Waals surface area contributed by atoms with Gasteiger partial charge in [0, 0.05) is 17.1 Å². The molecule has 3 N–H and O–H groups in total. The van der Waals surface area contributed by atoms with E-state index in [9.17, 15) is 4.39 Å². The third kappa shape index (κ3) is 0.930. The van der Waals surface area contributed by atoms with Crippen molar-refractivity contribution in [2.45, 2.75) is 18.4 Å². The van der Waals surface area contributed by atoms with Crippen molar-refractivity contribution in [1.29, 1.82) is 0 Å². The van der Waals surface area contributed by atoms with Crippen molar-refractivity contribution in [3.8, 4) is 0 Å². The Hall–Kier alpha value is -1.35. The van der Waals surface area contributed by atoms with Crippen LogP contribution < -0.4 is 5.73 Å². The molecular weight excluding hydrogens is 179 g/mol. The van der Waals surface area contributed by atoms with Crippen molar-refractivity contribution in [2.75, 3.05) is 0 Å². The normalized spacial score (nSPS) is 18.7. The molecule has 0 radical (unpaired) electrons. The van der Waals surface area contributed by atoms with Crippen LogP contribution in [0.5, 0.6) is 0 Å². The molecule has 3 heteroatoms. The summed E-state index contributed by atoms with van der Waals surface area (Å²) in [7, 11) is 0. The number of H-pyrrole nitrogens is 1. The van der Waals surface area contributed by atoms with Crippen LogP contribution in [0, 0.1) is 5.82 Å². The Morgan fingerprint density at radius 2 is 2.07 bits per heavy atom. The lowest BCUT2D eigenvalue weighted by Gasteiger charge is -2.10. The highest BCUT2D eigenvalue weighted by atomic mass is 19.1. The van der Waals surface area contributed by atoms with Gasteiger partial charge < -0.3 is 10.7 Å². The maximum Gasteiger partial charge on any atom is 0.132 e. The maximum atomic E-state index is 13.3. The lowest BCUT2D eigenvalue weighted by molar-refractivity contribution is 0.637. The lowest BCUT2D eigenvalue weighted by atomic mass is 10.0. The number of fused-ring (bicyclic) bond motifs is 1. The van der Waals surface area contributed by atoms with E-state index >= 15 is 0 Å². The molecule has 1 saturated carbocycles. The second kappa shape index (κ2) is 2.36. The van der Waals surface area contributed by atoms with E-state index in [0.717, 1.165) is 23.9 Å². The van der Waals surface area contributed by atoms with Crippen LogP contribution in [0.2, 0.25) is 0 Å². The van der Waals surface area contributed by atoms with Gasteiger partial charge in [-0.05, 0) is 30.5 Å². The van der Waals surface area contributed by atoms with Gasteiger partial charge >= 0.3 is 0 Å². The minimum atomic E-state index is -0.212. The number of aromatic nitrogens is 1. The summed E-state index contributed by atoms with van der Waals surface area (Å²) in [4.78, 5) is 3.06. The molecule has 2 aromatic rings. The SMILES string of the molecule is NC1(c2ccc(F)c3cc[nH]c23)CC1. The van der Waals surface area contributed by atoms with Gasteiger partial charge in [0.15, 0.2) is 0 Å². The van der Waals surface area contributed by atoms with Gasteiger partial charge in [0.25, 0.3) is 0 Å². The third-order valence-electron chi connectivity index (χ3n) is 3.00. The third-order valence-corrected chi connectivity index (χ3v) is 3.00. The Balaban J connectivity index is 2.34. The summed E-state index contributed by atoms with van der Waals surface area (Å²) in [6.07, 6.45) is 3.74. The van der Waals surface area contributed by atoms with Gasteiger partial charge in [0.05, 0.1) is 5.52 Å². The van der Waals surface area contributed by atoms with Gasteiger partial charge in [-0.3, -0.25) is 0 Å². The van der Waals surface area contributed by atoms with E-state index in [1.807, 2.05) is 0 Å². The number of aromatic amines is 1. The molecule has 0 bridgehead atoms. The predicted octanol–water partition coefficient (Wildman–Crippen LogP) is 2.25. The second-order valence-electron chi connectivity index (χ2n) is 4.02. The zero-order chi connectivity index (χ0) is 9.76. The summed E-state index contributed by atoms with van der Waals surface area (Å²) in [6, 6.07) is 5.04. The van der Waals surface area contributed by atoms with Crippen molar-refractivity contribution in [3.63, 3.8) is 0 Å². The second-order valence-corrected chi connectivity index (χ2v) is 4.02. The molecule has 72 valence electrons. The molecule has 14 heavy (non-hydrogen) atoms. The summed E-state index contributed by atoms with van der Waals surface area (Å²) in [6.45, 7) is 0. The van der Waals surface area contributed by atoms with Crippen LogP contribution in [-0.2, 0) is 5.54 Å². The number of benzene rings is 1. The molecule has 0 saturated heterocycles. The largest absolute Gasteiger partial charge is 0.361 e. The highest BCUT2D eigenvalue weighted by molar-refractivity contribution is 5.84. The van der Waals surface area contributed by atoms with Crippen molar-refractivity contribution >= 4 is 10.9 Å². The molecule has 1 heterocycles. The first kappa shape index (κ1) is 8.00. The summed E-state index contributed by atoms with van der Waals surface area (Å²) < 4.78 is 13.3. The van der Waals surface area contributed by atoms with E-state index in [2.05, 4.69) is 4.98 Å². The minimum absolute atomic E-state index is 0.186. The first-order valence-electron chi connectivity index (χ1n) is 4.76. The monoisotopic (exact) mass is 190 g/mol. The van der Waals surface area contributed by atoms with Crippen LogP contribution in [0.4, 0.5) is 4.39 Å². The average Bonchev–Trinajstić information content (AvgIpc) is 2.74. The van der Waals surface area contributed by atoms with Crippen molar-refractivity contribution in [1.82, 2.24) is 4.98 Å². The fraction of sp³-hybridized carbons (Fsp3) is 0.273. The van der Waals surface area contributed by atoms with Gasteiger partial charge in [0.2, 0.25) is 0 Å². The molecule has 2 nitrogen and oxygen atoms in total. The highest BCUT2D eigenvalue weighted by Crippen LogP contribution is 2.45. The first-order chi connectivity index (χ1) is 6.71. The first-order valence-corrected chi connectivity index (χ1v) is 4.76. The number of hydrogen-bond donors (Lipinski definition) is 2. The van der Waals surface area contributed by atoms with Crippen LogP contribution in [0.1, 0.15) is 18.4 Å². The highest BCUT2D eigenvalue weighted by Gasteiger charge is 2.41. The molecule has 0 aliphatic heterocycles. The van der Waals surface area contributed by atoms with Crippen molar-refractivity contribution in [2.24, 2.45) is 5.73 Å². The molecule has 1 aliphatic rings. The Kier molecular flexibility index (Phi) is 1.35. The van der Waals surface area contributed by atoms with Gasteiger partial charge in [-0.2, -0.15) is 0 Å². The molecular formula is C11H11FN2. The van der Waals surface area contributed by atoms with E-state index in [1.165, 1.54) is 6.07 Å². The Morgan fingerprint density at radius 1 is 1.29 bits per heavy atom. The quantitative estimate of drug-likeness (QED) is 0.711. The van der Waals surface area contributed by atoms with Gasteiger partial charge in [0.1, 0.15) is 5.82 Å². The number of rotatable bonds is 1. The summed E-state index contributed by atoms with van der Waals surface area (Å²) in [5, 5.41) is 0.638. The Morgan fingerprint density at radius 3 is 2.79 bits per heavy atom. The number of hydrogen-bond acceptors (Lipinski definition) is 1. The average molecular weight is 190 g/mol. The zero-order valence-electron chi connectivity index (χ0n) is 7.68. The van der Waals surface area contributed by atoms with E-state index in [0.29, 0.717) is 5.39 Å². The molecule has 1 aromatic carbocycles. The topological polar surface area (TPSA) is 41.8 Å². The molecule has 0 atom stereocenters. The minimum Gasteiger partial charge on any atom is -0.361 e. The molecule has 0 spiro atoms. The zero-order valence-corrected chi connectivity index (χ0v) is 7.68. The molecule has 3 rings (SSSR count). The molecule has 1 fully saturated rings. The standard InChI is InChI=1S/C11H11FN2/c12-9-2-1-8(11(13)4-5-11)10-7(9)3-6-14-10/h1-3,6,14H,4-5,13H2. The van der Waals surface area contributed by atoms with Crippen LogP contribution in [0.3, 0.4) is 0 Å². The van der Waals surface area contributed by atoms with E-state index < -0.39 is 0 Å². The van der Waals surface area contributed by atoms with Gasteiger partial charge in [-0.15, -0.1) is 0 Å². The molecule has 0 unspecified atom stereocenters. The van der Waals surface area contributed by atoms with Crippen LogP contribution in [0.25, 0.3) is 10.9 Å². The van der Waals surface area contributed by atoms with E-state index in [-0.39, 0.29) is 11.4 Å². The van der Waals surface area contributed by atoms with E-state index in [4.69, 9.17) is 5.73 Å². The van der Waals surface area contributed by atoms with Crippen LogP contribution in [-0.4, -0.2) is 4.98 Å². The van der Waals surface area contributed by atoms with Gasteiger partial charge in [-0.1, -0.05) is 6.07 Å². The molecule has 1 aromatic heterocycles.